The lowest BCUT2D eigenvalue weighted by molar-refractivity contribution is 0.251. The monoisotopic (exact) mass is 548 g/mol. The van der Waals surface area contributed by atoms with Crippen molar-refractivity contribution in [3.8, 4) is 16.3 Å². The number of amides is 2. The molecule has 1 unspecified atom stereocenters. The normalized spacial score (nSPS) is 19.3. The van der Waals surface area contributed by atoms with E-state index in [-0.39, 0.29) is 23.9 Å². The van der Waals surface area contributed by atoms with Gasteiger partial charge in [-0.25, -0.2) is 9.18 Å². The summed E-state index contributed by atoms with van der Waals surface area (Å²) in [5.74, 6) is 0.169. The van der Waals surface area contributed by atoms with Gasteiger partial charge in [0, 0.05) is 49.7 Å². The van der Waals surface area contributed by atoms with Crippen LogP contribution in [0.2, 0.25) is 0 Å². The van der Waals surface area contributed by atoms with Crippen molar-refractivity contribution in [3.63, 3.8) is 0 Å². The fraction of sp³-hybridized carbons (Fsp3) is 0.379. The fourth-order valence-electron chi connectivity index (χ4n) is 4.82. The molecule has 39 heavy (non-hydrogen) atoms. The lowest BCUT2D eigenvalue weighted by Crippen LogP contribution is -2.30. The molecule has 0 spiro atoms. The van der Waals surface area contributed by atoms with Gasteiger partial charge in [0.25, 0.3) is 0 Å². The van der Waals surface area contributed by atoms with Gasteiger partial charge in [0.2, 0.25) is 0 Å². The predicted molar refractivity (Wildman–Crippen MR) is 154 cm³/mol. The minimum atomic E-state index is -0.540. The van der Waals surface area contributed by atoms with Crippen LogP contribution in [0.4, 0.5) is 20.6 Å². The van der Waals surface area contributed by atoms with Gasteiger partial charge in [-0.1, -0.05) is 6.07 Å². The maximum atomic E-state index is 14.9. The molecule has 3 aromatic rings. The number of pyridine rings is 1. The Labute approximate surface area is 231 Å². The summed E-state index contributed by atoms with van der Waals surface area (Å²) >= 11 is 1.57. The molecule has 1 atom stereocenters. The second-order valence-corrected chi connectivity index (χ2v) is 11.4. The van der Waals surface area contributed by atoms with E-state index in [0.717, 1.165) is 73.1 Å². The number of anilines is 2. The van der Waals surface area contributed by atoms with E-state index in [1.165, 1.54) is 11.6 Å². The van der Waals surface area contributed by atoms with Crippen LogP contribution in [-0.2, 0) is 6.54 Å². The third kappa shape index (κ3) is 6.41. The summed E-state index contributed by atoms with van der Waals surface area (Å²) in [6, 6.07) is 10.7. The number of nitrogens with one attached hydrogen (secondary N) is 4. The second-order valence-electron chi connectivity index (χ2n) is 10.4. The Hall–Kier alpha value is -3.47. The summed E-state index contributed by atoms with van der Waals surface area (Å²) in [7, 11) is 0. The maximum Gasteiger partial charge on any atom is 0.319 e. The Morgan fingerprint density at radius 2 is 2.10 bits per heavy atom. The molecule has 2 amide bonds. The Morgan fingerprint density at radius 3 is 2.90 bits per heavy atom. The largest absolute Gasteiger partial charge is 0.453 e. The molecule has 1 aliphatic carbocycles. The molecule has 2 fully saturated rings. The molecule has 8 nitrogen and oxygen atoms in total. The molecular formula is C29H33FN6O2S. The Bertz CT molecular complexity index is 1360. The van der Waals surface area contributed by atoms with Crippen LogP contribution in [0.1, 0.15) is 36.6 Å². The number of thiophene rings is 1. The van der Waals surface area contributed by atoms with Crippen molar-refractivity contribution in [3.05, 3.63) is 64.9 Å². The van der Waals surface area contributed by atoms with Gasteiger partial charge in [-0.15, -0.1) is 11.3 Å². The number of aromatic nitrogens is 1. The van der Waals surface area contributed by atoms with Gasteiger partial charge in [-0.3, -0.25) is 9.88 Å². The number of carbonyl (C=O) groups is 1. The van der Waals surface area contributed by atoms with Gasteiger partial charge >= 0.3 is 6.03 Å². The van der Waals surface area contributed by atoms with Crippen LogP contribution in [0.25, 0.3) is 16.3 Å². The van der Waals surface area contributed by atoms with Crippen molar-refractivity contribution in [2.75, 3.05) is 36.8 Å². The van der Waals surface area contributed by atoms with Crippen molar-refractivity contribution in [2.24, 2.45) is 0 Å². The molecular weight excluding hydrogens is 515 g/mol. The SMILES string of the molecule is CC1C=C(Oc2ccc(NC(=O)NC3CC3)cc2F)c2sc(-c3ccc(CN4CCCNCC4)cn3)cc2N1. The summed E-state index contributed by atoms with van der Waals surface area (Å²) in [5, 5.41) is 12.4. The average Bonchev–Trinajstić information content (AvgIpc) is 3.68. The molecule has 1 saturated heterocycles. The highest BCUT2D eigenvalue weighted by molar-refractivity contribution is 7.17. The number of fused-ring (bicyclic) bond motifs is 1. The molecule has 6 rings (SSSR count). The number of hydrogen-bond donors (Lipinski definition) is 4. The maximum absolute atomic E-state index is 14.9. The smallest absolute Gasteiger partial charge is 0.319 e. The molecule has 3 aliphatic rings. The first kappa shape index (κ1) is 25.8. The number of rotatable bonds is 7. The molecule has 2 aromatic heterocycles. The highest BCUT2D eigenvalue weighted by Gasteiger charge is 2.25. The molecule has 4 N–H and O–H groups in total. The summed E-state index contributed by atoms with van der Waals surface area (Å²) in [4.78, 5) is 21.1. The van der Waals surface area contributed by atoms with Gasteiger partial charge in [0.15, 0.2) is 11.6 Å². The summed E-state index contributed by atoms with van der Waals surface area (Å²) in [6.07, 6.45) is 7.05. The lowest BCUT2D eigenvalue weighted by Gasteiger charge is -2.21. The van der Waals surface area contributed by atoms with Crippen molar-refractivity contribution < 1.29 is 13.9 Å². The van der Waals surface area contributed by atoms with Crippen LogP contribution >= 0.6 is 11.3 Å². The number of hydrogen-bond acceptors (Lipinski definition) is 7. The van der Waals surface area contributed by atoms with Gasteiger partial charge in [-0.2, -0.15) is 0 Å². The molecule has 1 saturated carbocycles. The number of carbonyl (C=O) groups excluding carboxylic acids is 1. The van der Waals surface area contributed by atoms with E-state index < -0.39 is 5.82 Å². The first-order valence-corrected chi connectivity index (χ1v) is 14.4. The molecule has 204 valence electrons. The topological polar surface area (TPSA) is 90.5 Å². The van der Waals surface area contributed by atoms with Crippen LogP contribution < -0.4 is 26.0 Å². The van der Waals surface area contributed by atoms with Gasteiger partial charge in [0.05, 0.1) is 21.1 Å². The second kappa shape index (κ2) is 11.3. The average molecular weight is 549 g/mol. The van der Waals surface area contributed by atoms with Crippen LogP contribution in [0, 0.1) is 5.82 Å². The molecule has 0 bridgehead atoms. The van der Waals surface area contributed by atoms with Gasteiger partial charge in [0.1, 0.15) is 5.76 Å². The van der Waals surface area contributed by atoms with E-state index >= 15 is 0 Å². The quantitative estimate of drug-likeness (QED) is 0.322. The third-order valence-electron chi connectivity index (χ3n) is 6.98. The predicted octanol–water partition coefficient (Wildman–Crippen LogP) is 5.26. The van der Waals surface area contributed by atoms with E-state index in [9.17, 15) is 9.18 Å². The lowest BCUT2D eigenvalue weighted by atomic mass is 10.1. The van der Waals surface area contributed by atoms with Crippen molar-refractivity contribution in [1.82, 2.24) is 20.5 Å². The third-order valence-corrected chi connectivity index (χ3v) is 8.15. The molecule has 10 heteroatoms. The number of ether oxygens (including phenoxy) is 1. The van der Waals surface area contributed by atoms with Crippen LogP contribution in [0.15, 0.2) is 48.7 Å². The zero-order valence-electron chi connectivity index (χ0n) is 21.9. The van der Waals surface area contributed by atoms with E-state index in [1.54, 1.807) is 23.5 Å². The number of benzene rings is 1. The first-order chi connectivity index (χ1) is 19.0. The summed E-state index contributed by atoms with van der Waals surface area (Å²) in [6.45, 7) is 7.18. The van der Waals surface area contributed by atoms with Crippen molar-refractivity contribution in [1.29, 1.82) is 0 Å². The van der Waals surface area contributed by atoms with Gasteiger partial charge < -0.3 is 26.0 Å². The Kier molecular flexibility index (Phi) is 7.49. The van der Waals surface area contributed by atoms with Crippen molar-refractivity contribution in [2.45, 2.75) is 44.8 Å². The zero-order chi connectivity index (χ0) is 26.8. The fourth-order valence-corrected chi connectivity index (χ4v) is 5.88. The first-order valence-electron chi connectivity index (χ1n) is 13.6. The Balaban J connectivity index is 1.15. The minimum absolute atomic E-state index is 0.0171. The molecule has 4 heterocycles. The number of urea groups is 1. The van der Waals surface area contributed by atoms with E-state index in [4.69, 9.17) is 9.72 Å². The molecule has 2 aliphatic heterocycles. The number of halogens is 1. The standard InChI is InChI=1S/C29H33FN6O2S/c1-18-13-26(38-25-8-6-21(14-22(25)30)35-29(37)34-20-4-5-20)28-24(33-18)15-27(39-28)23-7-3-19(16-32-23)17-36-11-2-9-31-10-12-36/h3,6-8,13-16,18,20,31,33H,2,4-5,9-12,17H2,1H3,(H2,34,35,37). The summed E-state index contributed by atoms with van der Waals surface area (Å²) in [5.41, 5.74) is 3.43. The Morgan fingerprint density at radius 1 is 1.21 bits per heavy atom. The molecule has 1 aromatic carbocycles. The summed E-state index contributed by atoms with van der Waals surface area (Å²) < 4.78 is 21.0. The number of nitrogens with zero attached hydrogens (tertiary/aromatic N) is 2. The van der Waals surface area contributed by atoms with E-state index in [2.05, 4.69) is 44.4 Å². The minimum Gasteiger partial charge on any atom is -0.453 e. The van der Waals surface area contributed by atoms with Crippen LogP contribution in [0.3, 0.4) is 0 Å². The van der Waals surface area contributed by atoms with Crippen molar-refractivity contribution >= 4 is 34.5 Å². The molecule has 0 radical (unpaired) electrons. The van der Waals surface area contributed by atoms with Gasteiger partial charge in [-0.05, 0) is 75.2 Å². The highest BCUT2D eigenvalue weighted by atomic mass is 32.1. The zero-order valence-corrected chi connectivity index (χ0v) is 22.7. The van der Waals surface area contributed by atoms with E-state index in [1.807, 2.05) is 19.2 Å². The van der Waals surface area contributed by atoms with Crippen LogP contribution in [-0.4, -0.2) is 54.2 Å². The highest BCUT2D eigenvalue weighted by Crippen LogP contribution is 2.42. The van der Waals surface area contributed by atoms with E-state index in [0.29, 0.717) is 11.4 Å². The van der Waals surface area contributed by atoms with Crippen LogP contribution in [0.5, 0.6) is 5.75 Å².